The second-order valence-electron chi connectivity index (χ2n) is 3.15. The number of likely N-dealkylation sites (N-methyl/N-ethyl adjacent to an activating group) is 1. The van der Waals surface area contributed by atoms with Crippen molar-refractivity contribution in [2.45, 2.75) is 12.9 Å². The number of ketones is 1. The van der Waals surface area contributed by atoms with Gasteiger partial charge < -0.3 is 14.8 Å². The van der Waals surface area contributed by atoms with Crippen molar-refractivity contribution in [2.75, 3.05) is 13.8 Å². The molecule has 1 aliphatic heterocycles. The Hall–Kier alpha value is -1.55. The molecule has 1 heterocycles. The lowest BCUT2D eigenvalue weighted by Gasteiger charge is -2.09. The Bertz CT molecular complexity index is 502. The van der Waals surface area contributed by atoms with E-state index < -0.39 is 18.5 Å². The molecule has 0 saturated heterocycles. The van der Waals surface area contributed by atoms with Crippen molar-refractivity contribution in [3.05, 3.63) is 23.8 Å². The first-order valence-electron chi connectivity index (χ1n) is 6.01. The van der Waals surface area contributed by atoms with E-state index in [4.69, 9.17) is 13.6 Å². The molecule has 0 unspecified atom stereocenters. The first-order valence-corrected chi connectivity index (χ1v) is 4.51. The number of carbonyl (C=O) groups is 1. The molecule has 0 spiro atoms. The Balaban J connectivity index is 2.32. The summed E-state index contributed by atoms with van der Waals surface area (Å²) in [6.45, 7) is -0.767. The number of carbonyl (C=O) groups excluding carboxylic acids is 1. The van der Waals surface area contributed by atoms with Gasteiger partial charge in [-0.15, -0.1) is 0 Å². The minimum atomic E-state index is -2.21. The number of fused-ring (bicyclic) bond motifs is 1. The van der Waals surface area contributed by atoms with Crippen molar-refractivity contribution in [3.63, 3.8) is 0 Å². The summed E-state index contributed by atoms with van der Waals surface area (Å²) < 4.78 is 32.2. The Morgan fingerprint density at radius 2 is 2.33 bits per heavy atom. The van der Waals surface area contributed by atoms with Gasteiger partial charge in [-0.25, -0.2) is 0 Å². The molecule has 80 valence electrons. The number of rotatable bonds is 3. The van der Waals surface area contributed by atoms with E-state index in [1.54, 1.807) is 0 Å². The van der Waals surface area contributed by atoms with Crippen LogP contribution in [0, 0.1) is 0 Å². The Kier molecular flexibility index (Phi) is 1.78. The van der Waals surface area contributed by atoms with Crippen LogP contribution in [-0.4, -0.2) is 25.6 Å². The summed E-state index contributed by atoms with van der Waals surface area (Å²) in [6, 6.07) is 2.88. The molecule has 1 atom stereocenters. The van der Waals surface area contributed by atoms with Crippen LogP contribution in [0.15, 0.2) is 18.2 Å². The van der Waals surface area contributed by atoms with E-state index in [0.717, 1.165) is 0 Å². The molecular formula is C11H13NO3. The molecule has 0 bridgehead atoms. The molecule has 0 aliphatic carbocycles. The van der Waals surface area contributed by atoms with E-state index >= 15 is 0 Å². The van der Waals surface area contributed by atoms with Crippen LogP contribution in [0.3, 0.4) is 0 Å². The van der Waals surface area contributed by atoms with Crippen molar-refractivity contribution < 1.29 is 18.4 Å². The predicted octanol–water partition coefficient (Wildman–Crippen LogP) is 1.21. The molecule has 4 nitrogen and oxygen atoms in total. The van der Waals surface area contributed by atoms with Crippen molar-refractivity contribution >= 4 is 5.78 Å². The molecule has 0 aromatic heterocycles. The molecule has 0 saturated carbocycles. The highest BCUT2D eigenvalue weighted by molar-refractivity contribution is 6.00. The fraction of sp³-hybridized carbons (Fsp3) is 0.364. The van der Waals surface area contributed by atoms with Crippen LogP contribution in [-0.2, 0) is 0 Å². The second kappa shape index (κ2) is 3.90. The first-order chi connectivity index (χ1) is 8.25. The van der Waals surface area contributed by atoms with Crippen LogP contribution < -0.4 is 14.8 Å². The summed E-state index contributed by atoms with van der Waals surface area (Å²) >= 11 is 0. The van der Waals surface area contributed by atoms with Crippen molar-refractivity contribution in [1.82, 2.24) is 5.32 Å². The maximum atomic E-state index is 12.0. The first kappa shape index (κ1) is 6.85. The molecule has 0 fully saturated rings. The van der Waals surface area contributed by atoms with Crippen molar-refractivity contribution in [1.29, 1.82) is 0 Å². The highest BCUT2D eigenvalue weighted by atomic mass is 16.7. The molecule has 2 rings (SSSR count). The molecule has 15 heavy (non-hydrogen) atoms. The van der Waals surface area contributed by atoms with Crippen molar-refractivity contribution in [3.8, 4) is 11.5 Å². The van der Waals surface area contributed by atoms with Gasteiger partial charge >= 0.3 is 0 Å². The summed E-state index contributed by atoms with van der Waals surface area (Å²) in [5.41, 5.74) is 0.266. The smallest absolute Gasteiger partial charge is 0.231 e. The van der Waals surface area contributed by atoms with E-state index in [2.05, 4.69) is 5.32 Å². The van der Waals surface area contributed by atoms with Gasteiger partial charge in [0.25, 0.3) is 0 Å². The maximum absolute atomic E-state index is 12.0. The second-order valence-corrected chi connectivity index (χ2v) is 3.15. The van der Waals surface area contributed by atoms with Gasteiger partial charge in [0.1, 0.15) is 2.74 Å². The van der Waals surface area contributed by atoms with Gasteiger partial charge in [-0.2, -0.15) is 0 Å². The van der Waals surface area contributed by atoms with Crippen LogP contribution in [0.25, 0.3) is 0 Å². The molecule has 4 heteroatoms. The topological polar surface area (TPSA) is 47.6 Å². The highest BCUT2D eigenvalue weighted by Gasteiger charge is 2.18. The van der Waals surface area contributed by atoms with E-state index in [1.807, 2.05) is 0 Å². The van der Waals surface area contributed by atoms with Crippen LogP contribution in [0.1, 0.15) is 21.4 Å². The number of benzene rings is 1. The third-order valence-electron chi connectivity index (χ3n) is 2.22. The number of hydrogen-bond donors (Lipinski definition) is 1. The van der Waals surface area contributed by atoms with E-state index in [0.29, 0.717) is 0 Å². The minimum absolute atomic E-state index is 0.165. The van der Waals surface area contributed by atoms with Crippen molar-refractivity contribution in [2.24, 2.45) is 0 Å². The minimum Gasteiger partial charge on any atom is -0.454 e. The van der Waals surface area contributed by atoms with Gasteiger partial charge in [0.05, 0.1) is 7.39 Å². The molecule has 0 radical (unpaired) electrons. The number of nitrogens with one attached hydrogen (secondary N) is 1. The van der Waals surface area contributed by atoms with Gasteiger partial charge in [0.15, 0.2) is 17.3 Å². The van der Waals surface area contributed by atoms with Crippen LogP contribution in [0.5, 0.6) is 11.5 Å². The van der Waals surface area contributed by atoms with E-state index in [9.17, 15) is 4.79 Å². The summed E-state index contributed by atoms with van der Waals surface area (Å²) in [6.07, 6.45) is 0. The Labute approximate surface area is 92.4 Å². The van der Waals surface area contributed by atoms with Crippen LogP contribution in [0.4, 0.5) is 0 Å². The van der Waals surface area contributed by atoms with E-state index in [1.165, 1.54) is 32.2 Å². The zero-order chi connectivity index (χ0) is 13.6. The van der Waals surface area contributed by atoms with Gasteiger partial charge in [0.2, 0.25) is 6.75 Å². The van der Waals surface area contributed by atoms with Gasteiger partial charge in [-0.3, -0.25) is 4.79 Å². The van der Waals surface area contributed by atoms with Gasteiger partial charge in [-0.05, 0) is 32.2 Å². The maximum Gasteiger partial charge on any atom is 0.231 e. The third kappa shape index (κ3) is 1.80. The zero-order valence-corrected chi connectivity index (χ0v) is 8.46. The average Bonchev–Trinajstić information content (AvgIpc) is 2.60. The zero-order valence-electron chi connectivity index (χ0n) is 11.5. The molecule has 0 amide bonds. The van der Waals surface area contributed by atoms with Crippen LogP contribution in [0.2, 0.25) is 0 Å². The molecule has 1 N–H and O–H groups in total. The SMILES string of the molecule is [2H]C1([2H])Oc2ccc(C(=O)[C@@]([2H])(C)NC)cc2O1. The predicted molar refractivity (Wildman–Crippen MR) is 55.4 cm³/mol. The van der Waals surface area contributed by atoms with Gasteiger partial charge in [-0.1, -0.05) is 0 Å². The third-order valence-corrected chi connectivity index (χ3v) is 2.22. The molecule has 1 aromatic carbocycles. The quantitative estimate of drug-likeness (QED) is 0.762. The summed E-state index contributed by atoms with van der Waals surface area (Å²) in [7, 11) is 1.52. The number of Topliss-reactive ketones (excluding diaryl/α,β-unsaturated/α-hetero) is 1. The Morgan fingerprint density at radius 1 is 1.60 bits per heavy atom. The normalized spacial score (nSPS) is 23.5. The molecule has 1 aliphatic rings. The standard InChI is InChI=1S/C11H13NO3/c1-7(12-2)11(13)8-3-4-9-10(5-8)15-6-14-9/h3-5,7,12H,6H2,1-2H3/t7-/m1/s1/i6D2,7D. The Morgan fingerprint density at radius 3 is 3.07 bits per heavy atom. The lowest BCUT2D eigenvalue weighted by Crippen LogP contribution is -2.30. The summed E-state index contributed by atoms with van der Waals surface area (Å²) in [5.74, 6) is -0.0192. The highest BCUT2D eigenvalue weighted by Crippen LogP contribution is 2.32. The van der Waals surface area contributed by atoms with Crippen LogP contribution >= 0.6 is 0 Å². The summed E-state index contributed by atoms with van der Waals surface area (Å²) in [5, 5.41) is 2.59. The van der Waals surface area contributed by atoms with E-state index in [-0.39, 0.29) is 17.1 Å². The van der Waals surface area contributed by atoms with Gasteiger partial charge in [0, 0.05) is 5.56 Å². The summed E-state index contributed by atoms with van der Waals surface area (Å²) in [4.78, 5) is 12.0. The molecular weight excluding hydrogens is 194 g/mol. The number of hydrogen-bond acceptors (Lipinski definition) is 4. The fourth-order valence-corrected chi connectivity index (χ4v) is 1.25. The largest absolute Gasteiger partial charge is 0.454 e. The lowest BCUT2D eigenvalue weighted by molar-refractivity contribution is 0.0954. The molecule has 1 aromatic rings. The monoisotopic (exact) mass is 210 g/mol. The number of ether oxygens (including phenoxy) is 2. The fourth-order valence-electron chi connectivity index (χ4n) is 1.25. The average molecular weight is 210 g/mol. The lowest BCUT2D eigenvalue weighted by atomic mass is 10.1.